The lowest BCUT2D eigenvalue weighted by Crippen LogP contribution is -2.09. The summed E-state index contributed by atoms with van der Waals surface area (Å²) < 4.78 is 37.8. The molecular formula is C21H22O9. The monoisotopic (exact) mass is 418 g/mol. The number of hydrogen-bond acceptors (Lipinski definition) is 9. The van der Waals surface area contributed by atoms with Crippen LogP contribution in [0.5, 0.6) is 40.2 Å². The first-order valence-corrected chi connectivity index (χ1v) is 8.74. The van der Waals surface area contributed by atoms with Gasteiger partial charge in [-0.25, -0.2) is 0 Å². The van der Waals surface area contributed by atoms with E-state index in [4.69, 9.17) is 32.8 Å². The van der Waals surface area contributed by atoms with Crippen molar-refractivity contribution in [1.82, 2.24) is 0 Å². The van der Waals surface area contributed by atoms with Crippen LogP contribution in [0.3, 0.4) is 0 Å². The van der Waals surface area contributed by atoms with Gasteiger partial charge in [-0.1, -0.05) is 0 Å². The summed E-state index contributed by atoms with van der Waals surface area (Å²) >= 11 is 0. The van der Waals surface area contributed by atoms with Gasteiger partial charge in [0.05, 0.1) is 42.7 Å². The van der Waals surface area contributed by atoms with Gasteiger partial charge in [-0.2, -0.15) is 0 Å². The van der Waals surface area contributed by atoms with E-state index < -0.39 is 5.43 Å². The Hall–Kier alpha value is -3.75. The minimum atomic E-state index is -0.530. The van der Waals surface area contributed by atoms with Crippen LogP contribution < -0.4 is 33.8 Å². The van der Waals surface area contributed by atoms with E-state index in [1.807, 2.05) is 0 Å². The van der Waals surface area contributed by atoms with Gasteiger partial charge in [-0.3, -0.25) is 4.79 Å². The number of aromatic hydroxyl groups is 1. The largest absolute Gasteiger partial charge is 0.502 e. The zero-order valence-corrected chi connectivity index (χ0v) is 17.4. The van der Waals surface area contributed by atoms with Crippen molar-refractivity contribution >= 4 is 11.0 Å². The summed E-state index contributed by atoms with van der Waals surface area (Å²) in [5, 5.41) is 10.6. The van der Waals surface area contributed by atoms with Gasteiger partial charge >= 0.3 is 0 Å². The molecule has 0 aliphatic carbocycles. The van der Waals surface area contributed by atoms with Crippen molar-refractivity contribution in [3.05, 3.63) is 28.4 Å². The molecule has 9 nitrogen and oxygen atoms in total. The smallest absolute Gasteiger partial charge is 0.239 e. The predicted molar refractivity (Wildman–Crippen MR) is 109 cm³/mol. The average molecular weight is 418 g/mol. The van der Waals surface area contributed by atoms with Crippen molar-refractivity contribution in [2.45, 2.75) is 0 Å². The van der Waals surface area contributed by atoms with E-state index in [1.54, 1.807) is 12.1 Å². The van der Waals surface area contributed by atoms with E-state index in [0.29, 0.717) is 22.8 Å². The van der Waals surface area contributed by atoms with Gasteiger partial charge in [-0.15, -0.1) is 0 Å². The SMILES string of the molecule is COc1cc(-c2oc3c(O)c(OC)cc(OC)c3c(=O)c2OC)cc(OC)c1OC. The molecule has 3 aromatic rings. The van der Waals surface area contributed by atoms with Crippen molar-refractivity contribution < 1.29 is 37.9 Å². The Kier molecular flexibility index (Phi) is 5.81. The third-order valence-corrected chi connectivity index (χ3v) is 4.60. The summed E-state index contributed by atoms with van der Waals surface area (Å²) in [6.45, 7) is 0. The number of fused-ring (bicyclic) bond motifs is 1. The molecule has 30 heavy (non-hydrogen) atoms. The van der Waals surface area contributed by atoms with Gasteiger partial charge in [0, 0.05) is 11.6 Å². The minimum Gasteiger partial charge on any atom is -0.502 e. The molecule has 1 aromatic heterocycles. The molecule has 0 aliphatic heterocycles. The van der Waals surface area contributed by atoms with Gasteiger partial charge in [0.2, 0.25) is 22.7 Å². The molecule has 0 fully saturated rings. The number of ether oxygens (including phenoxy) is 6. The lowest BCUT2D eigenvalue weighted by Gasteiger charge is -2.16. The highest BCUT2D eigenvalue weighted by molar-refractivity contribution is 5.93. The summed E-state index contributed by atoms with van der Waals surface area (Å²) in [5.41, 5.74) is -0.236. The Labute approximate surface area is 172 Å². The van der Waals surface area contributed by atoms with E-state index in [-0.39, 0.29) is 39.7 Å². The van der Waals surface area contributed by atoms with Crippen molar-refractivity contribution in [1.29, 1.82) is 0 Å². The molecule has 0 spiro atoms. The Bertz CT molecular complexity index is 1120. The number of methoxy groups -OCH3 is 6. The van der Waals surface area contributed by atoms with E-state index in [1.165, 1.54) is 48.7 Å². The van der Waals surface area contributed by atoms with Gasteiger partial charge in [0.15, 0.2) is 28.6 Å². The third kappa shape index (κ3) is 3.18. The summed E-state index contributed by atoms with van der Waals surface area (Å²) in [4.78, 5) is 13.2. The molecule has 2 aromatic carbocycles. The lowest BCUT2D eigenvalue weighted by atomic mass is 10.1. The molecular weight excluding hydrogens is 396 g/mol. The number of hydrogen-bond donors (Lipinski definition) is 1. The fourth-order valence-corrected chi connectivity index (χ4v) is 3.19. The van der Waals surface area contributed by atoms with Crippen molar-refractivity contribution in [3.63, 3.8) is 0 Å². The first-order valence-electron chi connectivity index (χ1n) is 8.74. The fourth-order valence-electron chi connectivity index (χ4n) is 3.19. The molecule has 0 unspecified atom stereocenters. The molecule has 0 saturated heterocycles. The van der Waals surface area contributed by atoms with Crippen molar-refractivity contribution in [2.24, 2.45) is 0 Å². The first kappa shape index (κ1) is 21.0. The molecule has 0 atom stereocenters. The van der Waals surface area contributed by atoms with Crippen LogP contribution in [0.1, 0.15) is 0 Å². The molecule has 0 bridgehead atoms. The second kappa shape index (κ2) is 8.32. The third-order valence-electron chi connectivity index (χ3n) is 4.60. The van der Waals surface area contributed by atoms with Gasteiger partial charge < -0.3 is 37.9 Å². The van der Waals surface area contributed by atoms with Crippen LogP contribution in [0, 0.1) is 0 Å². The normalized spacial score (nSPS) is 10.6. The lowest BCUT2D eigenvalue weighted by molar-refractivity contribution is 0.324. The number of rotatable bonds is 7. The van der Waals surface area contributed by atoms with Crippen LogP contribution in [-0.2, 0) is 0 Å². The summed E-state index contributed by atoms with van der Waals surface area (Å²) in [7, 11) is 8.53. The fraction of sp³-hybridized carbons (Fsp3) is 0.286. The number of benzene rings is 2. The number of phenolic OH excluding ortho intramolecular Hbond substituents is 1. The standard InChI is InChI=1S/C21H22O9/c1-24-11-9-12(25-2)16(22)20-15(11)17(23)21(29-6)18(30-20)10-7-13(26-3)19(28-5)14(8-10)27-4/h7-9,22H,1-6H3. The highest BCUT2D eigenvalue weighted by atomic mass is 16.5. The maximum atomic E-state index is 13.2. The summed E-state index contributed by atoms with van der Waals surface area (Å²) in [5.74, 6) is 0.957. The molecule has 1 N–H and O–H groups in total. The number of phenols is 1. The Morgan fingerprint density at radius 1 is 0.700 bits per heavy atom. The minimum absolute atomic E-state index is 0.0174. The maximum absolute atomic E-state index is 13.2. The topological polar surface area (TPSA) is 106 Å². The van der Waals surface area contributed by atoms with Crippen molar-refractivity contribution in [3.8, 4) is 51.6 Å². The zero-order valence-electron chi connectivity index (χ0n) is 17.4. The van der Waals surface area contributed by atoms with E-state index in [9.17, 15) is 9.90 Å². The molecule has 0 saturated carbocycles. The van der Waals surface area contributed by atoms with Crippen LogP contribution in [0.4, 0.5) is 0 Å². The molecule has 0 radical (unpaired) electrons. The maximum Gasteiger partial charge on any atom is 0.239 e. The highest BCUT2D eigenvalue weighted by Gasteiger charge is 2.26. The van der Waals surface area contributed by atoms with Crippen LogP contribution in [0.2, 0.25) is 0 Å². The Morgan fingerprint density at radius 3 is 1.70 bits per heavy atom. The highest BCUT2D eigenvalue weighted by Crippen LogP contribution is 2.46. The van der Waals surface area contributed by atoms with Gasteiger partial charge in [0.1, 0.15) is 11.1 Å². The van der Waals surface area contributed by atoms with Gasteiger partial charge in [0.25, 0.3) is 0 Å². The van der Waals surface area contributed by atoms with Crippen molar-refractivity contribution in [2.75, 3.05) is 42.7 Å². The van der Waals surface area contributed by atoms with Crippen LogP contribution in [0.25, 0.3) is 22.3 Å². The molecule has 160 valence electrons. The summed E-state index contributed by atoms with van der Waals surface area (Å²) in [6.07, 6.45) is 0. The second-order valence-electron chi connectivity index (χ2n) is 6.04. The summed E-state index contributed by atoms with van der Waals surface area (Å²) in [6, 6.07) is 4.60. The van der Waals surface area contributed by atoms with E-state index in [2.05, 4.69) is 0 Å². The Morgan fingerprint density at radius 2 is 1.23 bits per heavy atom. The van der Waals surface area contributed by atoms with E-state index >= 15 is 0 Å². The average Bonchev–Trinajstić information content (AvgIpc) is 2.78. The predicted octanol–water partition coefficient (Wildman–Crippen LogP) is 3.22. The van der Waals surface area contributed by atoms with Crippen LogP contribution in [-0.4, -0.2) is 47.8 Å². The molecule has 9 heteroatoms. The van der Waals surface area contributed by atoms with Crippen LogP contribution in [0.15, 0.2) is 27.4 Å². The molecule has 0 amide bonds. The quantitative estimate of drug-likeness (QED) is 0.619. The molecule has 0 aliphatic rings. The Balaban J connectivity index is 2.45. The second-order valence-corrected chi connectivity index (χ2v) is 6.04. The van der Waals surface area contributed by atoms with E-state index in [0.717, 1.165) is 0 Å². The molecule has 3 rings (SSSR count). The van der Waals surface area contributed by atoms with Gasteiger partial charge in [-0.05, 0) is 12.1 Å². The molecule has 1 heterocycles. The first-order chi connectivity index (χ1) is 14.4. The zero-order chi connectivity index (χ0) is 22.0. The van der Waals surface area contributed by atoms with Crippen LogP contribution >= 0.6 is 0 Å².